The van der Waals surface area contributed by atoms with Crippen molar-refractivity contribution in [2.75, 3.05) is 18.0 Å². The number of carboxylic acid groups (broad SMARTS) is 1. The van der Waals surface area contributed by atoms with Gasteiger partial charge in [-0.3, -0.25) is 4.98 Å². The van der Waals surface area contributed by atoms with E-state index in [9.17, 15) is 9.90 Å². The van der Waals surface area contributed by atoms with Crippen LogP contribution in [-0.2, 0) is 0 Å². The van der Waals surface area contributed by atoms with Crippen LogP contribution >= 0.6 is 0 Å². The number of aromatic nitrogens is 1. The van der Waals surface area contributed by atoms with Gasteiger partial charge in [0.25, 0.3) is 0 Å². The number of benzene rings is 1. The summed E-state index contributed by atoms with van der Waals surface area (Å²) in [5, 5.41) is 10.1. The van der Waals surface area contributed by atoms with Gasteiger partial charge in [0.05, 0.1) is 11.1 Å². The number of fused-ring (bicyclic) bond motifs is 1. The van der Waals surface area contributed by atoms with Crippen LogP contribution in [0, 0.1) is 0 Å². The monoisotopic (exact) mass is 242 g/mol. The van der Waals surface area contributed by atoms with E-state index in [2.05, 4.69) is 9.88 Å². The van der Waals surface area contributed by atoms with Crippen LogP contribution in [0.3, 0.4) is 0 Å². The Bertz CT molecular complexity index is 604. The van der Waals surface area contributed by atoms with Crippen molar-refractivity contribution in [2.45, 2.75) is 12.8 Å². The van der Waals surface area contributed by atoms with E-state index in [-0.39, 0.29) is 5.56 Å². The molecule has 1 aromatic heterocycles. The number of aromatic carboxylic acids is 1. The van der Waals surface area contributed by atoms with Gasteiger partial charge in [0.15, 0.2) is 0 Å². The van der Waals surface area contributed by atoms with E-state index in [1.54, 1.807) is 18.3 Å². The van der Waals surface area contributed by atoms with E-state index in [1.165, 1.54) is 12.8 Å². The molecule has 3 rings (SSSR count). The molecule has 2 heterocycles. The maximum absolute atomic E-state index is 11.2. The SMILES string of the molecule is O=C(O)c1cccc2c(N3CCCC3)ccnc12. The number of carbonyl (C=O) groups is 1. The van der Waals surface area contributed by atoms with E-state index >= 15 is 0 Å². The first-order valence-corrected chi connectivity index (χ1v) is 6.13. The number of hydrogen-bond acceptors (Lipinski definition) is 3. The molecule has 92 valence electrons. The summed E-state index contributed by atoms with van der Waals surface area (Å²) >= 11 is 0. The first-order chi connectivity index (χ1) is 8.77. The molecule has 0 atom stereocenters. The summed E-state index contributed by atoms with van der Waals surface area (Å²) in [6.07, 6.45) is 4.09. The van der Waals surface area contributed by atoms with Gasteiger partial charge in [0.2, 0.25) is 0 Å². The van der Waals surface area contributed by atoms with Crippen LogP contribution in [0.15, 0.2) is 30.5 Å². The lowest BCUT2D eigenvalue weighted by molar-refractivity contribution is 0.0699. The molecule has 4 nitrogen and oxygen atoms in total. The minimum absolute atomic E-state index is 0.272. The van der Waals surface area contributed by atoms with Gasteiger partial charge in [-0.15, -0.1) is 0 Å². The van der Waals surface area contributed by atoms with Gasteiger partial charge in [-0.25, -0.2) is 4.79 Å². The summed E-state index contributed by atoms with van der Waals surface area (Å²) in [6.45, 7) is 2.08. The number of carboxylic acids is 1. The molecule has 1 saturated heterocycles. The van der Waals surface area contributed by atoms with E-state index < -0.39 is 5.97 Å². The lowest BCUT2D eigenvalue weighted by Gasteiger charge is -2.19. The Morgan fingerprint density at radius 2 is 2.00 bits per heavy atom. The van der Waals surface area contributed by atoms with E-state index in [1.807, 2.05) is 12.1 Å². The van der Waals surface area contributed by atoms with Crippen LogP contribution in [0.25, 0.3) is 10.9 Å². The van der Waals surface area contributed by atoms with Crippen molar-refractivity contribution in [2.24, 2.45) is 0 Å². The van der Waals surface area contributed by atoms with Crippen LogP contribution in [0.4, 0.5) is 5.69 Å². The minimum Gasteiger partial charge on any atom is -0.478 e. The highest BCUT2D eigenvalue weighted by Gasteiger charge is 2.17. The smallest absolute Gasteiger partial charge is 0.337 e. The largest absolute Gasteiger partial charge is 0.478 e. The van der Waals surface area contributed by atoms with Gasteiger partial charge < -0.3 is 10.0 Å². The molecule has 0 unspecified atom stereocenters. The van der Waals surface area contributed by atoms with Gasteiger partial charge in [0.1, 0.15) is 0 Å². The molecule has 0 spiro atoms. The van der Waals surface area contributed by atoms with Crippen molar-refractivity contribution in [3.05, 3.63) is 36.0 Å². The molecule has 1 aliphatic heterocycles. The highest BCUT2D eigenvalue weighted by Crippen LogP contribution is 2.29. The Balaban J connectivity index is 2.22. The third-order valence-corrected chi connectivity index (χ3v) is 3.43. The van der Waals surface area contributed by atoms with Crippen LogP contribution in [-0.4, -0.2) is 29.1 Å². The second kappa shape index (κ2) is 4.29. The van der Waals surface area contributed by atoms with E-state index in [0.717, 1.165) is 24.2 Å². The number of anilines is 1. The molecule has 2 aromatic rings. The molecule has 18 heavy (non-hydrogen) atoms. The molecular formula is C14H14N2O2. The second-order valence-electron chi connectivity index (χ2n) is 4.53. The molecule has 4 heteroatoms. The number of hydrogen-bond donors (Lipinski definition) is 1. The van der Waals surface area contributed by atoms with Crippen molar-refractivity contribution in [1.29, 1.82) is 0 Å². The molecule has 1 aromatic carbocycles. The standard InChI is InChI=1S/C14H14N2O2/c17-14(18)11-5-3-4-10-12(6-7-15-13(10)11)16-8-1-2-9-16/h3-7H,1-2,8-9H2,(H,17,18). The summed E-state index contributed by atoms with van der Waals surface area (Å²) in [5.41, 5.74) is 1.95. The highest BCUT2D eigenvalue weighted by molar-refractivity contribution is 6.05. The third kappa shape index (κ3) is 1.70. The van der Waals surface area contributed by atoms with Gasteiger partial charge in [-0.2, -0.15) is 0 Å². The van der Waals surface area contributed by atoms with Crippen molar-refractivity contribution in [1.82, 2.24) is 4.98 Å². The molecule has 0 bridgehead atoms. The molecule has 0 aliphatic carbocycles. The van der Waals surface area contributed by atoms with Crippen LogP contribution < -0.4 is 4.90 Å². The maximum atomic E-state index is 11.2. The van der Waals surface area contributed by atoms with Gasteiger partial charge in [-0.1, -0.05) is 12.1 Å². The Hall–Kier alpha value is -2.10. The average molecular weight is 242 g/mol. The summed E-state index contributed by atoms with van der Waals surface area (Å²) in [4.78, 5) is 17.7. The van der Waals surface area contributed by atoms with E-state index in [0.29, 0.717) is 5.52 Å². The molecule has 1 N–H and O–H groups in total. The zero-order valence-electron chi connectivity index (χ0n) is 9.97. The molecule has 0 radical (unpaired) electrons. The van der Waals surface area contributed by atoms with Crippen molar-refractivity contribution < 1.29 is 9.90 Å². The van der Waals surface area contributed by atoms with Crippen molar-refractivity contribution in [3.8, 4) is 0 Å². The first-order valence-electron chi connectivity index (χ1n) is 6.13. The lowest BCUT2D eigenvalue weighted by Crippen LogP contribution is -2.18. The summed E-state index contributed by atoms with van der Waals surface area (Å²) in [7, 11) is 0. The number of para-hydroxylation sites is 1. The van der Waals surface area contributed by atoms with Crippen molar-refractivity contribution >= 4 is 22.6 Å². The van der Waals surface area contributed by atoms with Gasteiger partial charge in [-0.05, 0) is 25.0 Å². The van der Waals surface area contributed by atoms with Crippen LogP contribution in [0.2, 0.25) is 0 Å². The van der Waals surface area contributed by atoms with Gasteiger partial charge >= 0.3 is 5.97 Å². The molecule has 0 amide bonds. The highest BCUT2D eigenvalue weighted by atomic mass is 16.4. The summed E-state index contributed by atoms with van der Waals surface area (Å²) in [5.74, 6) is -0.924. The fourth-order valence-corrected chi connectivity index (χ4v) is 2.57. The number of rotatable bonds is 2. The Labute approximate surface area is 105 Å². The zero-order chi connectivity index (χ0) is 12.5. The van der Waals surface area contributed by atoms with Crippen LogP contribution in [0.1, 0.15) is 23.2 Å². The van der Waals surface area contributed by atoms with E-state index in [4.69, 9.17) is 0 Å². The topological polar surface area (TPSA) is 53.4 Å². The quantitative estimate of drug-likeness (QED) is 0.879. The second-order valence-corrected chi connectivity index (χ2v) is 4.53. The normalized spacial score (nSPS) is 15.2. The molecule has 1 aliphatic rings. The number of nitrogens with zero attached hydrogens (tertiary/aromatic N) is 2. The summed E-state index contributed by atoms with van der Waals surface area (Å²) < 4.78 is 0. The Morgan fingerprint density at radius 3 is 2.72 bits per heavy atom. The van der Waals surface area contributed by atoms with Crippen LogP contribution in [0.5, 0.6) is 0 Å². The third-order valence-electron chi connectivity index (χ3n) is 3.43. The Morgan fingerprint density at radius 1 is 1.22 bits per heavy atom. The number of pyridine rings is 1. The fourth-order valence-electron chi connectivity index (χ4n) is 2.57. The lowest BCUT2D eigenvalue weighted by atomic mass is 10.1. The zero-order valence-corrected chi connectivity index (χ0v) is 9.97. The van der Waals surface area contributed by atoms with Crippen molar-refractivity contribution in [3.63, 3.8) is 0 Å². The minimum atomic E-state index is -0.924. The maximum Gasteiger partial charge on any atom is 0.337 e. The average Bonchev–Trinajstić information content (AvgIpc) is 2.91. The fraction of sp³-hybridized carbons (Fsp3) is 0.286. The Kier molecular flexibility index (Phi) is 2.63. The first kappa shape index (κ1) is 11.0. The molecule has 0 saturated carbocycles. The molecular weight excluding hydrogens is 228 g/mol. The molecule has 1 fully saturated rings. The van der Waals surface area contributed by atoms with Gasteiger partial charge in [0, 0.05) is 30.4 Å². The predicted octanol–water partition coefficient (Wildman–Crippen LogP) is 2.53. The summed E-state index contributed by atoms with van der Waals surface area (Å²) in [6, 6.07) is 7.31. The predicted molar refractivity (Wildman–Crippen MR) is 70.1 cm³/mol.